The third kappa shape index (κ3) is 3.77. The van der Waals surface area contributed by atoms with Crippen LogP contribution in [0.5, 0.6) is 0 Å². The molecule has 2 aromatic rings. The summed E-state index contributed by atoms with van der Waals surface area (Å²) >= 11 is 7.62. The lowest BCUT2D eigenvalue weighted by Gasteiger charge is -2.06. The third-order valence-electron chi connectivity index (χ3n) is 2.68. The fraction of sp³-hybridized carbons (Fsp3) is 0.200. The van der Waals surface area contributed by atoms with Crippen molar-refractivity contribution < 1.29 is 5.11 Å². The Bertz CT molecular complexity index is 491. The monoisotopic (exact) mass is 278 g/mol. The van der Waals surface area contributed by atoms with Gasteiger partial charge in [-0.05, 0) is 42.3 Å². The Balaban J connectivity index is 1.95. The Morgan fingerprint density at radius 1 is 1.06 bits per heavy atom. The van der Waals surface area contributed by atoms with Gasteiger partial charge in [0, 0.05) is 15.7 Å². The number of rotatable bonds is 4. The highest BCUT2D eigenvalue weighted by Gasteiger charge is 2.01. The summed E-state index contributed by atoms with van der Waals surface area (Å²) < 4.78 is 0. The zero-order valence-corrected chi connectivity index (χ0v) is 11.7. The second-order valence-corrected chi connectivity index (χ2v) is 5.65. The van der Waals surface area contributed by atoms with Crippen LogP contribution in [0.1, 0.15) is 24.2 Å². The Hall–Kier alpha value is -0.960. The molecule has 2 rings (SSSR count). The van der Waals surface area contributed by atoms with E-state index in [1.54, 1.807) is 18.7 Å². The molecule has 0 aliphatic heterocycles. The van der Waals surface area contributed by atoms with Crippen LogP contribution in [0.4, 0.5) is 0 Å². The van der Waals surface area contributed by atoms with Gasteiger partial charge in [-0.25, -0.2) is 0 Å². The molecule has 0 aromatic heterocycles. The van der Waals surface area contributed by atoms with Gasteiger partial charge < -0.3 is 5.11 Å². The van der Waals surface area contributed by atoms with Crippen molar-refractivity contribution in [2.24, 2.45) is 0 Å². The van der Waals surface area contributed by atoms with E-state index in [1.807, 2.05) is 48.5 Å². The first-order chi connectivity index (χ1) is 8.65. The normalized spacial score (nSPS) is 12.4. The van der Waals surface area contributed by atoms with Crippen LogP contribution >= 0.6 is 23.4 Å². The maximum Gasteiger partial charge on any atom is 0.0761 e. The molecule has 2 aromatic carbocycles. The van der Waals surface area contributed by atoms with Crippen molar-refractivity contribution in [1.82, 2.24) is 0 Å². The number of aliphatic hydroxyl groups excluding tert-OH is 1. The van der Waals surface area contributed by atoms with Crippen LogP contribution in [-0.4, -0.2) is 5.11 Å². The molecular formula is C15H15ClOS. The Labute approximate surface area is 117 Å². The average molecular weight is 279 g/mol. The van der Waals surface area contributed by atoms with Gasteiger partial charge in [0.15, 0.2) is 0 Å². The minimum atomic E-state index is -0.402. The summed E-state index contributed by atoms with van der Waals surface area (Å²) in [5.74, 6) is 0.922. The van der Waals surface area contributed by atoms with E-state index < -0.39 is 6.10 Å². The summed E-state index contributed by atoms with van der Waals surface area (Å²) in [6.45, 7) is 1.77. The Kier molecular flexibility index (Phi) is 4.70. The van der Waals surface area contributed by atoms with Crippen LogP contribution < -0.4 is 0 Å². The van der Waals surface area contributed by atoms with Crippen molar-refractivity contribution in [1.29, 1.82) is 0 Å². The highest BCUT2D eigenvalue weighted by atomic mass is 35.5. The van der Waals surface area contributed by atoms with E-state index in [1.165, 1.54) is 10.5 Å². The lowest BCUT2D eigenvalue weighted by Crippen LogP contribution is -1.89. The number of benzene rings is 2. The zero-order chi connectivity index (χ0) is 13.0. The van der Waals surface area contributed by atoms with Gasteiger partial charge >= 0.3 is 0 Å². The van der Waals surface area contributed by atoms with E-state index in [0.717, 1.165) is 16.3 Å². The van der Waals surface area contributed by atoms with Crippen molar-refractivity contribution in [3.8, 4) is 0 Å². The van der Waals surface area contributed by atoms with Crippen LogP contribution in [0.3, 0.4) is 0 Å². The van der Waals surface area contributed by atoms with Gasteiger partial charge in [0.1, 0.15) is 0 Å². The van der Waals surface area contributed by atoms with Gasteiger partial charge in [-0.1, -0.05) is 35.9 Å². The minimum absolute atomic E-state index is 0.402. The molecule has 18 heavy (non-hydrogen) atoms. The van der Waals surface area contributed by atoms with Gasteiger partial charge in [-0.2, -0.15) is 0 Å². The van der Waals surface area contributed by atoms with Gasteiger partial charge in [-0.3, -0.25) is 0 Å². The number of thioether (sulfide) groups is 1. The lowest BCUT2D eigenvalue weighted by molar-refractivity contribution is 0.199. The SMILES string of the molecule is CC(O)c1ccc(SCc2ccc(Cl)cc2)cc1. The van der Waals surface area contributed by atoms with E-state index in [0.29, 0.717) is 0 Å². The molecule has 94 valence electrons. The molecule has 1 nitrogen and oxygen atoms in total. The molecule has 0 fully saturated rings. The maximum absolute atomic E-state index is 9.43. The first-order valence-electron chi connectivity index (χ1n) is 5.80. The molecule has 0 spiro atoms. The lowest BCUT2D eigenvalue weighted by atomic mass is 10.1. The summed E-state index contributed by atoms with van der Waals surface area (Å²) in [5.41, 5.74) is 2.20. The standard InChI is InChI=1S/C15H15ClOS/c1-11(17)13-4-8-15(9-5-13)18-10-12-2-6-14(16)7-3-12/h2-9,11,17H,10H2,1H3. The summed E-state index contributed by atoms with van der Waals surface area (Å²) in [6.07, 6.45) is -0.402. The molecule has 0 amide bonds. The maximum atomic E-state index is 9.43. The molecular weight excluding hydrogens is 264 g/mol. The topological polar surface area (TPSA) is 20.2 Å². The molecule has 0 aliphatic carbocycles. The zero-order valence-electron chi connectivity index (χ0n) is 10.1. The Morgan fingerprint density at radius 3 is 2.22 bits per heavy atom. The molecule has 1 unspecified atom stereocenters. The molecule has 1 N–H and O–H groups in total. The Morgan fingerprint density at radius 2 is 1.67 bits per heavy atom. The second kappa shape index (κ2) is 6.28. The van der Waals surface area contributed by atoms with Gasteiger partial charge in [-0.15, -0.1) is 11.8 Å². The van der Waals surface area contributed by atoms with Gasteiger partial charge in [0.2, 0.25) is 0 Å². The number of hydrogen-bond donors (Lipinski definition) is 1. The van der Waals surface area contributed by atoms with Crippen LogP contribution in [0.15, 0.2) is 53.4 Å². The summed E-state index contributed by atoms with van der Waals surface area (Å²) in [5, 5.41) is 10.2. The van der Waals surface area contributed by atoms with E-state index in [2.05, 4.69) is 0 Å². The van der Waals surface area contributed by atoms with Crippen molar-refractivity contribution in [2.75, 3.05) is 0 Å². The molecule has 0 radical (unpaired) electrons. The fourth-order valence-electron chi connectivity index (χ4n) is 1.59. The van der Waals surface area contributed by atoms with Crippen molar-refractivity contribution in [2.45, 2.75) is 23.7 Å². The van der Waals surface area contributed by atoms with Crippen LogP contribution in [-0.2, 0) is 5.75 Å². The average Bonchev–Trinajstić information content (AvgIpc) is 2.38. The van der Waals surface area contributed by atoms with Crippen LogP contribution in [0.25, 0.3) is 0 Å². The predicted octanol–water partition coefficient (Wildman–Crippen LogP) is 4.69. The predicted molar refractivity (Wildman–Crippen MR) is 78.1 cm³/mol. The molecule has 1 atom stereocenters. The largest absolute Gasteiger partial charge is 0.389 e. The molecule has 0 heterocycles. The first-order valence-corrected chi connectivity index (χ1v) is 7.17. The smallest absolute Gasteiger partial charge is 0.0761 e. The van der Waals surface area contributed by atoms with Crippen LogP contribution in [0, 0.1) is 0 Å². The van der Waals surface area contributed by atoms with Crippen molar-refractivity contribution in [3.63, 3.8) is 0 Å². The van der Waals surface area contributed by atoms with E-state index in [-0.39, 0.29) is 0 Å². The third-order valence-corrected chi connectivity index (χ3v) is 4.02. The summed E-state index contributed by atoms with van der Waals surface area (Å²) in [6, 6.07) is 15.9. The van der Waals surface area contributed by atoms with E-state index in [4.69, 9.17) is 11.6 Å². The molecule has 0 saturated heterocycles. The van der Waals surface area contributed by atoms with Crippen molar-refractivity contribution >= 4 is 23.4 Å². The molecule has 0 saturated carbocycles. The molecule has 0 aliphatic rings. The van der Waals surface area contributed by atoms with E-state index >= 15 is 0 Å². The van der Waals surface area contributed by atoms with Crippen LogP contribution in [0.2, 0.25) is 5.02 Å². The highest BCUT2D eigenvalue weighted by molar-refractivity contribution is 7.98. The first kappa shape index (κ1) is 13.5. The summed E-state index contributed by atoms with van der Waals surface area (Å²) in [7, 11) is 0. The quantitative estimate of drug-likeness (QED) is 0.819. The van der Waals surface area contributed by atoms with Crippen molar-refractivity contribution in [3.05, 3.63) is 64.7 Å². The fourth-order valence-corrected chi connectivity index (χ4v) is 2.57. The highest BCUT2D eigenvalue weighted by Crippen LogP contribution is 2.25. The molecule has 0 bridgehead atoms. The summed E-state index contributed by atoms with van der Waals surface area (Å²) in [4.78, 5) is 1.20. The van der Waals surface area contributed by atoms with Gasteiger partial charge in [0.05, 0.1) is 6.10 Å². The minimum Gasteiger partial charge on any atom is -0.389 e. The second-order valence-electron chi connectivity index (χ2n) is 4.16. The number of aliphatic hydroxyl groups is 1. The van der Waals surface area contributed by atoms with Gasteiger partial charge in [0.25, 0.3) is 0 Å². The number of halogens is 1. The number of hydrogen-bond acceptors (Lipinski definition) is 2. The molecule has 3 heteroatoms. The van der Waals surface area contributed by atoms with E-state index in [9.17, 15) is 5.11 Å².